The average Bonchev–Trinajstić information content (AvgIpc) is 2.55. The zero-order valence-electron chi connectivity index (χ0n) is 14.5. The van der Waals surface area contributed by atoms with Gasteiger partial charge in [-0.05, 0) is 31.7 Å². The third kappa shape index (κ3) is 5.21. The highest BCUT2D eigenvalue weighted by Crippen LogP contribution is 2.25. The third-order valence-corrected chi connectivity index (χ3v) is 3.81. The van der Waals surface area contributed by atoms with Gasteiger partial charge in [0.05, 0.1) is 39.1 Å². The Kier molecular flexibility index (Phi) is 6.57. The van der Waals surface area contributed by atoms with Gasteiger partial charge in [0, 0.05) is 13.1 Å². The van der Waals surface area contributed by atoms with E-state index in [4.69, 9.17) is 9.47 Å². The molecule has 7 heteroatoms. The van der Waals surface area contributed by atoms with Gasteiger partial charge < -0.3 is 19.7 Å². The van der Waals surface area contributed by atoms with Crippen LogP contribution < -0.4 is 10.1 Å². The number of benzene rings is 1. The zero-order chi connectivity index (χ0) is 17.5. The van der Waals surface area contributed by atoms with Gasteiger partial charge in [-0.25, -0.2) is 0 Å². The molecular weight excluding hydrogens is 310 g/mol. The molecule has 1 fully saturated rings. The number of methoxy groups -OCH3 is 1. The van der Waals surface area contributed by atoms with Crippen LogP contribution in [0.3, 0.4) is 0 Å². The number of amides is 2. The molecule has 0 radical (unpaired) electrons. The van der Waals surface area contributed by atoms with Crippen LogP contribution in [-0.2, 0) is 14.3 Å². The van der Waals surface area contributed by atoms with Gasteiger partial charge in [-0.2, -0.15) is 0 Å². The molecule has 1 aromatic rings. The lowest BCUT2D eigenvalue weighted by Crippen LogP contribution is -2.46. The molecule has 0 aromatic heterocycles. The van der Waals surface area contributed by atoms with Gasteiger partial charge in [0.1, 0.15) is 5.75 Å². The highest BCUT2D eigenvalue weighted by molar-refractivity contribution is 5.94. The molecule has 0 spiro atoms. The third-order valence-electron chi connectivity index (χ3n) is 3.81. The summed E-state index contributed by atoms with van der Waals surface area (Å²) in [5, 5.41) is 2.84. The van der Waals surface area contributed by atoms with E-state index in [1.165, 1.54) is 0 Å². The van der Waals surface area contributed by atoms with Crippen LogP contribution in [0.4, 0.5) is 5.69 Å². The van der Waals surface area contributed by atoms with Crippen LogP contribution in [0, 0.1) is 6.92 Å². The second-order valence-corrected chi connectivity index (χ2v) is 5.92. The van der Waals surface area contributed by atoms with E-state index < -0.39 is 0 Å². The molecule has 1 aliphatic heterocycles. The Morgan fingerprint density at radius 3 is 2.67 bits per heavy atom. The Labute approximate surface area is 142 Å². The van der Waals surface area contributed by atoms with E-state index in [2.05, 4.69) is 5.32 Å². The van der Waals surface area contributed by atoms with E-state index in [1.54, 1.807) is 24.0 Å². The van der Waals surface area contributed by atoms with Crippen LogP contribution >= 0.6 is 0 Å². The van der Waals surface area contributed by atoms with Crippen molar-refractivity contribution < 1.29 is 19.1 Å². The Morgan fingerprint density at radius 2 is 2.00 bits per heavy atom. The molecule has 1 heterocycles. The number of nitrogens with one attached hydrogen (secondary N) is 1. The largest absolute Gasteiger partial charge is 0.495 e. The van der Waals surface area contributed by atoms with Crippen LogP contribution in [0.2, 0.25) is 0 Å². The van der Waals surface area contributed by atoms with Crippen LogP contribution in [-0.4, -0.2) is 75.2 Å². The number of hydrogen-bond acceptors (Lipinski definition) is 5. The lowest BCUT2D eigenvalue weighted by Gasteiger charge is -2.28. The van der Waals surface area contributed by atoms with Gasteiger partial charge >= 0.3 is 0 Å². The molecule has 2 rings (SSSR count). The van der Waals surface area contributed by atoms with Gasteiger partial charge in [-0.1, -0.05) is 6.07 Å². The van der Waals surface area contributed by atoms with Crippen LogP contribution in [0.15, 0.2) is 18.2 Å². The second-order valence-electron chi connectivity index (χ2n) is 5.92. The number of ether oxygens (including phenoxy) is 2. The molecule has 1 aromatic carbocycles. The minimum atomic E-state index is -0.184. The first-order valence-corrected chi connectivity index (χ1v) is 7.98. The number of carbonyl (C=O) groups is 2. The highest BCUT2D eigenvalue weighted by Gasteiger charge is 2.19. The van der Waals surface area contributed by atoms with E-state index >= 15 is 0 Å². The van der Waals surface area contributed by atoms with Crippen molar-refractivity contribution in [1.29, 1.82) is 0 Å². The molecule has 0 aliphatic carbocycles. The number of carbonyl (C=O) groups excluding carboxylic acids is 2. The molecule has 0 bridgehead atoms. The summed E-state index contributed by atoms with van der Waals surface area (Å²) in [6.45, 7) is 4.65. The highest BCUT2D eigenvalue weighted by atomic mass is 16.5. The smallest absolute Gasteiger partial charge is 0.238 e. The molecule has 1 aliphatic rings. The van der Waals surface area contributed by atoms with Crippen molar-refractivity contribution in [2.75, 3.05) is 58.9 Å². The fourth-order valence-corrected chi connectivity index (χ4v) is 2.55. The fourth-order valence-electron chi connectivity index (χ4n) is 2.55. The summed E-state index contributed by atoms with van der Waals surface area (Å²) in [5.74, 6) is 0.443. The predicted octanol–water partition coefficient (Wildman–Crippen LogP) is 0.733. The van der Waals surface area contributed by atoms with Crippen molar-refractivity contribution in [1.82, 2.24) is 9.80 Å². The molecule has 0 atom stereocenters. The number of aryl methyl sites for hydroxylation is 1. The minimum Gasteiger partial charge on any atom is -0.495 e. The normalized spacial score (nSPS) is 14.6. The van der Waals surface area contributed by atoms with E-state index in [1.807, 2.05) is 25.1 Å². The van der Waals surface area contributed by atoms with Gasteiger partial charge in [-0.15, -0.1) is 0 Å². The number of rotatable bonds is 6. The van der Waals surface area contributed by atoms with Crippen LogP contribution in [0.1, 0.15) is 5.56 Å². The number of hydrogen-bond donors (Lipinski definition) is 1. The summed E-state index contributed by atoms with van der Waals surface area (Å²) in [5.41, 5.74) is 1.66. The van der Waals surface area contributed by atoms with Gasteiger partial charge in [0.25, 0.3) is 0 Å². The van der Waals surface area contributed by atoms with Gasteiger partial charge in [0.2, 0.25) is 11.8 Å². The van der Waals surface area contributed by atoms with Gasteiger partial charge in [0.15, 0.2) is 0 Å². The van der Waals surface area contributed by atoms with Crippen molar-refractivity contribution in [3.05, 3.63) is 23.8 Å². The van der Waals surface area contributed by atoms with Crippen molar-refractivity contribution >= 4 is 17.5 Å². The summed E-state index contributed by atoms with van der Waals surface area (Å²) in [6.07, 6.45) is 0. The first-order valence-electron chi connectivity index (χ1n) is 7.98. The molecule has 1 N–H and O–H groups in total. The average molecular weight is 335 g/mol. The van der Waals surface area contributed by atoms with Crippen molar-refractivity contribution in [2.45, 2.75) is 6.92 Å². The molecular formula is C17H25N3O4. The SMILES string of the molecule is COc1ccc(C)cc1NC(=O)CN(C)CC(=O)N1CCOCC1. The number of anilines is 1. The van der Waals surface area contributed by atoms with Crippen LogP contribution in [0.5, 0.6) is 5.75 Å². The molecule has 0 saturated carbocycles. The van der Waals surface area contributed by atoms with Gasteiger partial charge in [-0.3, -0.25) is 14.5 Å². The van der Waals surface area contributed by atoms with Crippen molar-refractivity contribution in [3.63, 3.8) is 0 Å². The first kappa shape index (κ1) is 18.2. The van der Waals surface area contributed by atoms with E-state index in [0.717, 1.165) is 5.56 Å². The Balaban J connectivity index is 1.85. The first-order chi connectivity index (χ1) is 11.5. The molecule has 2 amide bonds. The maximum Gasteiger partial charge on any atom is 0.238 e. The van der Waals surface area contributed by atoms with E-state index in [9.17, 15) is 9.59 Å². The Morgan fingerprint density at radius 1 is 1.29 bits per heavy atom. The lowest BCUT2D eigenvalue weighted by atomic mass is 10.2. The van der Waals surface area contributed by atoms with Crippen LogP contribution in [0.25, 0.3) is 0 Å². The number of morpholine rings is 1. The molecule has 132 valence electrons. The molecule has 0 unspecified atom stereocenters. The maximum atomic E-state index is 12.2. The summed E-state index contributed by atoms with van der Waals surface area (Å²) >= 11 is 0. The summed E-state index contributed by atoms with van der Waals surface area (Å²) < 4.78 is 10.5. The topological polar surface area (TPSA) is 71.1 Å². The number of nitrogens with zero attached hydrogens (tertiary/aromatic N) is 2. The second kappa shape index (κ2) is 8.65. The standard InChI is InChI=1S/C17H25N3O4/c1-13-4-5-15(23-3)14(10-13)18-16(21)11-19(2)12-17(22)20-6-8-24-9-7-20/h4-5,10H,6-9,11-12H2,1-3H3,(H,18,21). The summed E-state index contributed by atoms with van der Waals surface area (Å²) in [4.78, 5) is 27.8. The van der Waals surface area contributed by atoms with E-state index in [-0.39, 0.29) is 24.9 Å². The fraction of sp³-hybridized carbons (Fsp3) is 0.529. The number of likely N-dealkylation sites (N-methyl/N-ethyl adjacent to an activating group) is 1. The Hall–Kier alpha value is -2.12. The molecule has 7 nitrogen and oxygen atoms in total. The zero-order valence-corrected chi connectivity index (χ0v) is 14.5. The van der Waals surface area contributed by atoms with Crippen molar-refractivity contribution in [2.24, 2.45) is 0 Å². The summed E-state index contributed by atoms with van der Waals surface area (Å²) in [7, 11) is 3.32. The molecule has 1 saturated heterocycles. The minimum absolute atomic E-state index is 0.0155. The quantitative estimate of drug-likeness (QED) is 0.830. The molecule has 24 heavy (non-hydrogen) atoms. The summed E-state index contributed by atoms with van der Waals surface area (Å²) in [6, 6.07) is 5.59. The predicted molar refractivity (Wildman–Crippen MR) is 91.3 cm³/mol. The lowest BCUT2D eigenvalue weighted by molar-refractivity contribution is -0.136. The Bertz CT molecular complexity index is 585. The monoisotopic (exact) mass is 335 g/mol. The van der Waals surface area contributed by atoms with E-state index in [0.29, 0.717) is 37.7 Å². The maximum absolute atomic E-state index is 12.2. The van der Waals surface area contributed by atoms with Crippen molar-refractivity contribution in [3.8, 4) is 5.75 Å².